The highest BCUT2D eigenvalue weighted by atomic mass is 15.4. The second-order valence-corrected chi connectivity index (χ2v) is 49.8. The molecule has 5 fully saturated rings. The van der Waals surface area contributed by atoms with Crippen molar-refractivity contribution in [1.29, 1.82) is 0 Å². The van der Waals surface area contributed by atoms with Crippen molar-refractivity contribution in [2.45, 2.75) is 513 Å². The highest BCUT2D eigenvalue weighted by molar-refractivity contribution is 5.51. The molecule has 0 N–H and O–H groups in total. The monoisotopic (exact) mass is 1740 g/mol. The molecule has 8 rings (SSSR count). The Balaban J connectivity index is 1.20. The average Bonchev–Trinajstić information content (AvgIpc) is 0.769. The molecule has 0 amide bonds. The summed E-state index contributed by atoms with van der Waals surface area (Å²) < 4.78 is 0. The van der Waals surface area contributed by atoms with Crippen molar-refractivity contribution >= 4 is 47.6 Å². The average molecular weight is 1740 g/mol. The van der Waals surface area contributed by atoms with Crippen LogP contribution in [0.2, 0.25) is 0 Å². The first kappa shape index (κ1) is 106. The number of hydrogen-bond donors (Lipinski definition) is 0. The molecule has 0 radical (unpaired) electrons. The summed E-state index contributed by atoms with van der Waals surface area (Å²) in [5.74, 6) is 8.70. The van der Waals surface area contributed by atoms with Crippen molar-refractivity contribution in [2.75, 3.05) is 111 Å². The van der Waals surface area contributed by atoms with Gasteiger partial charge in [0.2, 0.25) is 47.6 Å². The molecule has 0 bridgehead atoms. The quantitative estimate of drug-likeness (QED) is 0.0494. The molecule has 0 unspecified atom stereocenters. The van der Waals surface area contributed by atoms with E-state index >= 15 is 0 Å². The van der Waals surface area contributed by atoms with Crippen molar-refractivity contribution in [3.8, 4) is 0 Å². The van der Waals surface area contributed by atoms with Crippen LogP contribution in [-0.4, -0.2) is 147 Å². The first-order valence-electron chi connectivity index (χ1n) is 53.2. The van der Waals surface area contributed by atoms with E-state index in [0.717, 1.165) is 344 Å². The fraction of sp³-hybridized carbons (Fsp3) is 0.917. The van der Waals surface area contributed by atoms with Gasteiger partial charge >= 0.3 is 0 Å². The Bertz CT molecular complexity index is 3200. The standard InChI is InChI=1S/C108H201N17/c1-30-39-56-84(57-40-31-2)90-109-91(118(58-41-32-3)59-42-33-4)112-94(110-90)122(86-71-101(14,15)80-102(16,17)72-86)65-52-48-49-54-67-124(88-75-105(22,23)82-106(24,25)76-88)97-115-96(121(64-47-38-9)85-69-99(10,11)79-100(12,13)70-85)116-98(117-97)125(89-77-107(26,27)83-108(28,29)78-89)68-55-51-50-53-66-123(87-73-103(18,19)81-104(20,21)74-87)95-113-92(119(60-43-34-5)61-44-35-6)111-93(114-95)120(62-45-36-7)63-46-37-8/h84-89H,30-83H2,1-29H3. The van der Waals surface area contributed by atoms with E-state index < -0.39 is 0 Å². The lowest BCUT2D eigenvalue weighted by atomic mass is 9.63. The van der Waals surface area contributed by atoms with Gasteiger partial charge < -0.3 is 39.2 Å². The van der Waals surface area contributed by atoms with Crippen LogP contribution in [0.1, 0.15) is 489 Å². The summed E-state index contributed by atoms with van der Waals surface area (Å²) in [4.78, 5) is 73.9. The van der Waals surface area contributed by atoms with E-state index in [1.807, 2.05) is 0 Å². The lowest BCUT2D eigenvalue weighted by Crippen LogP contribution is -2.50. The number of rotatable bonds is 55. The predicted octanol–water partition coefficient (Wildman–Crippen LogP) is 29.3. The molecule has 3 heterocycles. The fourth-order valence-electron chi connectivity index (χ4n) is 26.1. The van der Waals surface area contributed by atoms with Gasteiger partial charge in [-0.25, -0.2) is 0 Å². The van der Waals surface area contributed by atoms with Gasteiger partial charge in [-0.05, 0) is 234 Å². The Labute approximate surface area is 772 Å². The fourth-order valence-corrected chi connectivity index (χ4v) is 26.1. The number of hydrogen-bond acceptors (Lipinski definition) is 17. The Morgan fingerprint density at radius 1 is 0.200 bits per heavy atom. The van der Waals surface area contributed by atoms with Gasteiger partial charge in [0.15, 0.2) is 0 Å². The van der Waals surface area contributed by atoms with Crippen LogP contribution in [0.15, 0.2) is 0 Å². The summed E-state index contributed by atoms with van der Waals surface area (Å²) in [6.07, 6.45) is 49.2. The van der Waals surface area contributed by atoms with E-state index in [1.165, 1.54) is 57.8 Å². The summed E-state index contributed by atoms with van der Waals surface area (Å²) >= 11 is 0. The van der Waals surface area contributed by atoms with E-state index in [2.05, 4.69) is 240 Å². The molecule has 5 saturated carbocycles. The van der Waals surface area contributed by atoms with Crippen LogP contribution in [0.5, 0.6) is 0 Å². The zero-order valence-corrected chi connectivity index (χ0v) is 87.8. The van der Waals surface area contributed by atoms with Gasteiger partial charge in [0.25, 0.3) is 0 Å². The highest BCUT2D eigenvalue weighted by Gasteiger charge is 2.48. The molecular weight excluding hydrogens is 1540 g/mol. The van der Waals surface area contributed by atoms with Gasteiger partial charge in [0.05, 0.1) is 0 Å². The first-order valence-corrected chi connectivity index (χ1v) is 53.2. The number of nitrogens with zero attached hydrogens (tertiary/aromatic N) is 17. The normalized spacial score (nSPS) is 20.4. The molecule has 125 heavy (non-hydrogen) atoms. The van der Waals surface area contributed by atoms with Gasteiger partial charge in [-0.3, -0.25) is 0 Å². The molecule has 718 valence electrons. The second kappa shape index (κ2) is 47.7. The summed E-state index contributed by atoms with van der Waals surface area (Å²) in [6, 6.07) is 1.56. The van der Waals surface area contributed by atoms with Crippen molar-refractivity contribution < 1.29 is 0 Å². The zero-order valence-electron chi connectivity index (χ0n) is 87.8. The van der Waals surface area contributed by atoms with Gasteiger partial charge in [-0.1, -0.05) is 297 Å². The lowest BCUT2D eigenvalue weighted by Gasteiger charge is -2.50. The minimum atomic E-state index is 0.153. The third-order valence-electron chi connectivity index (χ3n) is 29.5. The Morgan fingerprint density at radius 2 is 0.360 bits per heavy atom. The summed E-state index contributed by atoms with van der Waals surface area (Å²) in [7, 11) is 0. The number of aromatic nitrogens is 9. The molecule has 0 spiro atoms. The maximum atomic E-state index is 6.18. The minimum Gasteiger partial charge on any atom is -0.341 e. The predicted molar refractivity (Wildman–Crippen MR) is 542 cm³/mol. The molecule has 0 aliphatic heterocycles. The molecule has 5 aliphatic rings. The van der Waals surface area contributed by atoms with Crippen molar-refractivity contribution in [1.82, 2.24) is 44.9 Å². The molecule has 5 aliphatic carbocycles. The molecule has 0 atom stereocenters. The van der Waals surface area contributed by atoms with Crippen LogP contribution in [0.4, 0.5) is 47.6 Å². The Morgan fingerprint density at radius 3 is 0.568 bits per heavy atom. The minimum absolute atomic E-state index is 0.153. The molecule has 0 saturated heterocycles. The number of unbranched alkanes of at least 4 members (excludes halogenated alkanes) is 15. The van der Waals surface area contributed by atoms with Crippen LogP contribution in [0, 0.1) is 54.1 Å². The Hall–Kier alpha value is -4.57. The van der Waals surface area contributed by atoms with Crippen molar-refractivity contribution in [3.05, 3.63) is 5.82 Å². The summed E-state index contributed by atoms with van der Waals surface area (Å²) in [6.45, 7) is 82.4. The number of anilines is 8. The van der Waals surface area contributed by atoms with Crippen LogP contribution in [0.25, 0.3) is 0 Å². The van der Waals surface area contributed by atoms with E-state index in [0.29, 0.717) is 24.0 Å². The van der Waals surface area contributed by atoms with Gasteiger partial charge in [0.1, 0.15) is 5.82 Å². The van der Waals surface area contributed by atoms with Crippen LogP contribution in [-0.2, 0) is 0 Å². The van der Waals surface area contributed by atoms with Gasteiger partial charge in [-0.15, -0.1) is 0 Å². The van der Waals surface area contributed by atoms with E-state index in [1.54, 1.807) is 0 Å². The molecule has 3 aromatic rings. The van der Waals surface area contributed by atoms with Crippen molar-refractivity contribution in [2.24, 2.45) is 54.1 Å². The Kier molecular flexibility index (Phi) is 40.4. The maximum absolute atomic E-state index is 6.18. The summed E-state index contributed by atoms with van der Waals surface area (Å²) in [5.41, 5.74) is 1.79. The molecule has 17 nitrogen and oxygen atoms in total. The maximum Gasteiger partial charge on any atom is 0.232 e. The van der Waals surface area contributed by atoms with E-state index in [9.17, 15) is 0 Å². The van der Waals surface area contributed by atoms with Crippen LogP contribution >= 0.6 is 0 Å². The van der Waals surface area contributed by atoms with Crippen LogP contribution in [0.3, 0.4) is 0 Å². The molecule has 17 heteroatoms. The molecule has 0 aromatic carbocycles. The third kappa shape index (κ3) is 33.6. The highest BCUT2D eigenvalue weighted by Crippen LogP contribution is 2.54. The van der Waals surface area contributed by atoms with E-state index in [4.69, 9.17) is 44.9 Å². The van der Waals surface area contributed by atoms with Gasteiger partial charge in [0, 0.05) is 108 Å². The lowest BCUT2D eigenvalue weighted by molar-refractivity contribution is 0.0931. The van der Waals surface area contributed by atoms with Gasteiger partial charge in [-0.2, -0.15) is 44.9 Å². The van der Waals surface area contributed by atoms with Crippen LogP contribution < -0.4 is 39.2 Å². The summed E-state index contributed by atoms with van der Waals surface area (Å²) in [5, 5.41) is 0. The van der Waals surface area contributed by atoms with Crippen molar-refractivity contribution in [3.63, 3.8) is 0 Å². The second-order valence-electron chi connectivity index (χ2n) is 49.8. The first-order chi connectivity index (χ1) is 58.8. The van der Waals surface area contributed by atoms with E-state index in [-0.39, 0.29) is 66.2 Å². The largest absolute Gasteiger partial charge is 0.341 e. The molecule has 3 aromatic heterocycles. The smallest absolute Gasteiger partial charge is 0.232 e. The third-order valence-corrected chi connectivity index (χ3v) is 29.5. The zero-order chi connectivity index (χ0) is 91.8. The topological polar surface area (TPSA) is 142 Å². The SMILES string of the molecule is CCCCC(CCCC)c1nc(N(CCCC)CCCC)nc(N(CCCCCCN(c2nc(N(CCCC)C3CC(C)(C)CC(C)(C)C3)nc(N(CCCCCCN(c3nc(N(CCCC)CCCC)nc(N(CCCC)CCCC)n3)C3CC(C)(C)CC(C)(C)C3)C3CC(C)(C)CC(C)(C)C3)n2)C2CC(C)(C)CC(C)(C)C2)C2CC(C)(C)CC(C)(C)C2)n1. The molecular formula is C108H201N17.